The molecule has 2 rings (SSSR count). The molecule has 0 radical (unpaired) electrons. The minimum atomic E-state index is -1.52. The summed E-state index contributed by atoms with van der Waals surface area (Å²) in [6.07, 6.45) is 0. The topological polar surface area (TPSA) is 70.8 Å². The summed E-state index contributed by atoms with van der Waals surface area (Å²) in [7, 11) is 1.35. The Bertz CT molecular complexity index is 393. The van der Waals surface area contributed by atoms with Gasteiger partial charge in [-0.05, 0) is 12.1 Å². The molecule has 0 saturated carbocycles. The number of hydrogen-bond acceptors (Lipinski definition) is 4. The Labute approximate surface area is 86.7 Å². The number of benzene rings is 1. The van der Waals surface area contributed by atoms with E-state index in [2.05, 4.69) is 0 Å². The molecule has 1 aromatic carbocycles. The van der Waals surface area contributed by atoms with Gasteiger partial charge >= 0.3 is 5.79 Å². The van der Waals surface area contributed by atoms with Gasteiger partial charge in [-0.1, -0.05) is 12.1 Å². The number of primary amides is 1. The van der Waals surface area contributed by atoms with Crippen LogP contribution in [-0.2, 0) is 9.53 Å². The molecule has 0 aromatic heterocycles. The molecule has 1 heterocycles. The maximum absolute atomic E-state index is 11.2. The SMILES string of the molecule is COC1(C(N)=O)COc2ccccc2O1. The van der Waals surface area contributed by atoms with Gasteiger partial charge in [0.15, 0.2) is 18.1 Å². The summed E-state index contributed by atoms with van der Waals surface area (Å²) in [6.45, 7) is -0.0458. The molecular weight excluding hydrogens is 198 g/mol. The lowest BCUT2D eigenvalue weighted by atomic mass is 10.2. The third kappa shape index (κ3) is 1.50. The summed E-state index contributed by atoms with van der Waals surface area (Å²) in [5.41, 5.74) is 5.20. The lowest BCUT2D eigenvalue weighted by Gasteiger charge is -2.33. The largest absolute Gasteiger partial charge is 0.482 e. The second-order valence-corrected chi connectivity index (χ2v) is 3.16. The number of nitrogens with two attached hydrogens (primary N) is 1. The molecule has 1 unspecified atom stereocenters. The van der Waals surface area contributed by atoms with Crippen molar-refractivity contribution in [1.29, 1.82) is 0 Å². The van der Waals surface area contributed by atoms with E-state index in [0.29, 0.717) is 11.5 Å². The van der Waals surface area contributed by atoms with Crippen molar-refractivity contribution in [3.05, 3.63) is 24.3 Å². The molecular formula is C10H11NO4. The fourth-order valence-corrected chi connectivity index (χ4v) is 1.36. The van der Waals surface area contributed by atoms with Crippen molar-refractivity contribution in [2.75, 3.05) is 13.7 Å². The van der Waals surface area contributed by atoms with Crippen molar-refractivity contribution < 1.29 is 19.0 Å². The van der Waals surface area contributed by atoms with Crippen LogP contribution in [0.2, 0.25) is 0 Å². The third-order valence-corrected chi connectivity index (χ3v) is 2.25. The van der Waals surface area contributed by atoms with Gasteiger partial charge in [-0.3, -0.25) is 4.79 Å². The van der Waals surface area contributed by atoms with Gasteiger partial charge in [-0.15, -0.1) is 0 Å². The average Bonchev–Trinajstić information content (AvgIpc) is 2.28. The Morgan fingerprint density at radius 1 is 1.47 bits per heavy atom. The van der Waals surface area contributed by atoms with E-state index in [9.17, 15) is 4.79 Å². The van der Waals surface area contributed by atoms with Crippen LogP contribution in [0.4, 0.5) is 0 Å². The van der Waals surface area contributed by atoms with E-state index in [4.69, 9.17) is 19.9 Å². The molecule has 1 aliphatic heterocycles. The Balaban J connectivity index is 2.35. The Kier molecular flexibility index (Phi) is 2.24. The summed E-state index contributed by atoms with van der Waals surface area (Å²) in [5.74, 6) is -1.20. The molecule has 0 spiro atoms. The molecule has 1 amide bonds. The lowest BCUT2D eigenvalue weighted by Crippen LogP contribution is -2.56. The van der Waals surface area contributed by atoms with Gasteiger partial charge in [0, 0.05) is 7.11 Å². The number of methoxy groups -OCH3 is 1. The molecule has 1 aliphatic rings. The van der Waals surface area contributed by atoms with Crippen LogP contribution < -0.4 is 15.2 Å². The van der Waals surface area contributed by atoms with Gasteiger partial charge in [0.25, 0.3) is 5.91 Å². The van der Waals surface area contributed by atoms with Crippen molar-refractivity contribution >= 4 is 5.91 Å². The van der Waals surface area contributed by atoms with Gasteiger partial charge in [-0.25, -0.2) is 0 Å². The number of para-hydroxylation sites is 2. The summed E-state index contributed by atoms with van der Waals surface area (Å²) >= 11 is 0. The zero-order valence-corrected chi connectivity index (χ0v) is 8.23. The highest BCUT2D eigenvalue weighted by molar-refractivity contribution is 5.83. The maximum atomic E-state index is 11.2. The normalized spacial score (nSPS) is 23.5. The molecule has 0 aliphatic carbocycles. The lowest BCUT2D eigenvalue weighted by molar-refractivity contribution is -0.199. The molecule has 1 atom stereocenters. The first-order valence-corrected chi connectivity index (χ1v) is 4.44. The van der Waals surface area contributed by atoms with Crippen LogP contribution in [0, 0.1) is 0 Å². The third-order valence-electron chi connectivity index (χ3n) is 2.25. The van der Waals surface area contributed by atoms with E-state index in [0.717, 1.165) is 0 Å². The van der Waals surface area contributed by atoms with Crippen LogP contribution >= 0.6 is 0 Å². The first-order chi connectivity index (χ1) is 7.18. The summed E-state index contributed by atoms with van der Waals surface area (Å²) in [6, 6.07) is 7.02. The van der Waals surface area contributed by atoms with Crippen LogP contribution in [0.15, 0.2) is 24.3 Å². The molecule has 1 aromatic rings. The molecule has 0 saturated heterocycles. The minimum absolute atomic E-state index is 0.0458. The van der Waals surface area contributed by atoms with E-state index in [1.165, 1.54) is 7.11 Å². The van der Waals surface area contributed by atoms with Crippen LogP contribution in [-0.4, -0.2) is 25.4 Å². The van der Waals surface area contributed by atoms with Crippen molar-refractivity contribution in [2.45, 2.75) is 5.79 Å². The molecule has 15 heavy (non-hydrogen) atoms. The minimum Gasteiger partial charge on any atom is -0.482 e. The Morgan fingerprint density at radius 3 is 2.73 bits per heavy atom. The second-order valence-electron chi connectivity index (χ2n) is 3.16. The molecule has 0 fully saturated rings. The van der Waals surface area contributed by atoms with E-state index in [1.807, 2.05) is 6.07 Å². The highest BCUT2D eigenvalue weighted by atomic mass is 16.7. The number of ether oxygens (including phenoxy) is 3. The van der Waals surface area contributed by atoms with Gasteiger partial charge < -0.3 is 19.9 Å². The zero-order valence-electron chi connectivity index (χ0n) is 8.23. The van der Waals surface area contributed by atoms with Crippen molar-refractivity contribution in [2.24, 2.45) is 5.73 Å². The van der Waals surface area contributed by atoms with Gasteiger partial charge in [0.05, 0.1) is 0 Å². The highest BCUT2D eigenvalue weighted by Gasteiger charge is 2.44. The summed E-state index contributed by atoms with van der Waals surface area (Å²) < 4.78 is 15.7. The summed E-state index contributed by atoms with van der Waals surface area (Å²) in [5, 5.41) is 0. The molecule has 5 heteroatoms. The van der Waals surface area contributed by atoms with Crippen molar-refractivity contribution in [3.63, 3.8) is 0 Å². The zero-order chi connectivity index (χ0) is 10.9. The van der Waals surface area contributed by atoms with E-state index in [1.54, 1.807) is 18.2 Å². The standard InChI is InChI=1S/C10H11NO4/c1-13-10(9(11)12)6-14-7-4-2-3-5-8(7)15-10/h2-5H,6H2,1H3,(H2,11,12). The Morgan fingerprint density at radius 2 is 2.13 bits per heavy atom. The van der Waals surface area contributed by atoms with E-state index in [-0.39, 0.29) is 6.61 Å². The fraction of sp³-hybridized carbons (Fsp3) is 0.300. The van der Waals surface area contributed by atoms with E-state index < -0.39 is 11.7 Å². The van der Waals surface area contributed by atoms with Crippen LogP contribution in [0.25, 0.3) is 0 Å². The molecule has 80 valence electrons. The smallest absolute Gasteiger partial charge is 0.325 e. The first kappa shape index (κ1) is 9.79. The number of fused-ring (bicyclic) bond motifs is 1. The quantitative estimate of drug-likeness (QED) is 0.759. The predicted octanol–water partition coefficient (Wildman–Crippen LogP) is 0.286. The first-order valence-electron chi connectivity index (χ1n) is 4.44. The maximum Gasteiger partial charge on any atom is 0.325 e. The van der Waals surface area contributed by atoms with Crippen molar-refractivity contribution in [3.8, 4) is 11.5 Å². The molecule has 0 bridgehead atoms. The monoisotopic (exact) mass is 209 g/mol. The van der Waals surface area contributed by atoms with E-state index >= 15 is 0 Å². The molecule has 2 N–H and O–H groups in total. The number of rotatable bonds is 2. The van der Waals surface area contributed by atoms with Crippen LogP contribution in [0.3, 0.4) is 0 Å². The predicted molar refractivity (Wildman–Crippen MR) is 51.5 cm³/mol. The summed E-state index contributed by atoms with van der Waals surface area (Å²) in [4.78, 5) is 11.2. The van der Waals surface area contributed by atoms with Crippen molar-refractivity contribution in [1.82, 2.24) is 0 Å². The van der Waals surface area contributed by atoms with Gasteiger partial charge in [0.2, 0.25) is 0 Å². The number of carbonyl (C=O) groups excluding carboxylic acids is 1. The molecule has 5 nitrogen and oxygen atoms in total. The number of amides is 1. The average molecular weight is 209 g/mol. The van der Waals surface area contributed by atoms with Gasteiger partial charge in [0.1, 0.15) is 0 Å². The highest BCUT2D eigenvalue weighted by Crippen LogP contribution is 2.34. The Hall–Kier alpha value is -1.75. The fourth-order valence-electron chi connectivity index (χ4n) is 1.36. The van der Waals surface area contributed by atoms with Gasteiger partial charge in [-0.2, -0.15) is 0 Å². The number of hydrogen-bond donors (Lipinski definition) is 1. The number of carbonyl (C=O) groups is 1. The second kappa shape index (κ2) is 3.43. The van der Waals surface area contributed by atoms with Crippen LogP contribution in [0.5, 0.6) is 11.5 Å². The van der Waals surface area contributed by atoms with Crippen LogP contribution in [0.1, 0.15) is 0 Å².